The minimum absolute atomic E-state index is 0.0362. The van der Waals surface area contributed by atoms with Gasteiger partial charge in [0.2, 0.25) is 11.7 Å². The summed E-state index contributed by atoms with van der Waals surface area (Å²) in [5, 5.41) is 3.55. The minimum Gasteiger partial charge on any atom is -0.382 e. The molecule has 4 rings (SSSR count). The number of carbonyl (C=O) groups is 3. The number of nitrogen functional groups attached to an aromatic ring is 1. The van der Waals surface area contributed by atoms with Crippen molar-refractivity contribution in [3.05, 3.63) is 87.8 Å². The molecular formula is C26H24F2N4O3S. The van der Waals surface area contributed by atoms with E-state index in [1.807, 2.05) is 19.1 Å². The normalized spacial score (nSPS) is 14.2. The van der Waals surface area contributed by atoms with E-state index in [0.717, 1.165) is 29.0 Å². The molecule has 1 aliphatic rings. The number of amides is 1. The molecule has 0 aliphatic carbocycles. The molecule has 0 radical (unpaired) electrons. The molecule has 3 N–H and O–H groups in total. The van der Waals surface area contributed by atoms with Gasteiger partial charge in [0.05, 0.1) is 5.56 Å². The van der Waals surface area contributed by atoms with Gasteiger partial charge in [0, 0.05) is 30.8 Å². The molecule has 36 heavy (non-hydrogen) atoms. The average molecular weight is 511 g/mol. The summed E-state index contributed by atoms with van der Waals surface area (Å²) in [4.78, 5) is 43.2. The van der Waals surface area contributed by atoms with Crippen LogP contribution in [0.5, 0.6) is 0 Å². The Morgan fingerprint density at radius 2 is 1.69 bits per heavy atom. The van der Waals surface area contributed by atoms with Crippen molar-refractivity contribution in [2.75, 3.05) is 24.1 Å². The largest absolute Gasteiger partial charge is 0.382 e. The first kappa shape index (κ1) is 25.2. The van der Waals surface area contributed by atoms with Crippen LogP contribution in [-0.4, -0.2) is 46.5 Å². The van der Waals surface area contributed by atoms with E-state index in [-0.39, 0.29) is 28.4 Å². The number of ketones is 2. The highest BCUT2D eigenvalue weighted by Gasteiger charge is 2.26. The van der Waals surface area contributed by atoms with Crippen LogP contribution in [0.4, 0.5) is 19.7 Å². The van der Waals surface area contributed by atoms with Gasteiger partial charge in [0.1, 0.15) is 22.3 Å². The van der Waals surface area contributed by atoms with Gasteiger partial charge in [0.25, 0.3) is 0 Å². The summed E-state index contributed by atoms with van der Waals surface area (Å²) in [6.07, 6.45) is 3.79. The van der Waals surface area contributed by atoms with Crippen molar-refractivity contribution in [2.24, 2.45) is 0 Å². The van der Waals surface area contributed by atoms with Gasteiger partial charge in [-0.1, -0.05) is 47.2 Å². The van der Waals surface area contributed by atoms with Crippen LogP contribution >= 0.6 is 11.3 Å². The maximum absolute atomic E-state index is 14.0. The highest BCUT2D eigenvalue weighted by molar-refractivity contribution is 7.18. The van der Waals surface area contributed by atoms with E-state index in [0.29, 0.717) is 36.6 Å². The molecule has 186 valence electrons. The molecule has 0 spiro atoms. The number of aryl methyl sites for hydroxylation is 1. The number of nitrogens with two attached hydrogens (primary N) is 1. The first-order valence-electron chi connectivity index (χ1n) is 11.3. The van der Waals surface area contributed by atoms with Crippen LogP contribution in [-0.2, 0) is 4.79 Å². The third-order valence-electron chi connectivity index (χ3n) is 5.90. The molecule has 7 nitrogen and oxygen atoms in total. The summed E-state index contributed by atoms with van der Waals surface area (Å²) >= 11 is 0.931. The summed E-state index contributed by atoms with van der Waals surface area (Å²) in [5.41, 5.74) is 6.76. The van der Waals surface area contributed by atoms with Crippen molar-refractivity contribution in [3.8, 4) is 0 Å². The second-order valence-electron chi connectivity index (χ2n) is 8.47. The molecule has 2 heterocycles. The molecule has 1 fully saturated rings. The number of allylic oxidation sites excluding steroid dienone is 1. The summed E-state index contributed by atoms with van der Waals surface area (Å²) < 4.78 is 28.0. The van der Waals surface area contributed by atoms with Crippen molar-refractivity contribution >= 4 is 39.8 Å². The smallest absolute Gasteiger partial charge is 0.246 e. The number of hydrogen-bond donors (Lipinski definition) is 2. The molecule has 3 aromatic rings. The fourth-order valence-corrected chi connectivity index (χ4v) is 4.78. The Morgan fingerprint density at radius 1 is 1.06 bits per heavy atom. The molecule has 0 unspecified atom stereocenters. The van der Waals surface area contributed by atoms with E-state index in [1.165, 1.54) is 18.2 Å². The Kier molecular flexibility index (Phi) is 7.54. The molecule has 0 bridgehead atoms. The van der Waals surface area contributed by atoms with E-state index in [1.54, 1.807) is 17.0 Å². The summed E-state index contributed by atoms with van der Waals surface area (Å²) in [6.45, 7) is 2.86. The van der Waals surface area contributed by atoms with Gasteiger partial charge in [-0.05, 0) is 38.0 Å². The summed E-state index contributed by atoms with van der Waals surface area (Å²) in [7, 11) is 0. The van der Waals surface area contributed by atoms with Crippen LogP contribution < -0.4 is 11.1 Å². The number of halogens is 2. The number of thiazole rings is 1. The number of piperidine rings is 1. The lowest BCUT2D eigenvalue weighted by Gasteiger charge is -2.31. The zero-order chi connectivity index (χ0) is 25.8. The van der Waals surface area contributed by atoms with Gasteiger partial charge >= 0.3 is 0 Å². The first-order chi connectivity index (χ1) is 17.2. The third-order valence-corrected chi connectivity index (χ3v) is 6.90. The number of rotatable bonds is 7. The van der Waals surface area contributed by atoms with Crippen molar-refractivity contribution in [3.63, 3.8) is 0 Å². The fraction of sp³-hybridized carbons (Fsp3) is 0.231. The van der Waals surface area contributed by atoms with Gasteiger partial charge in [-0.15, -0.1) is 0 Å². The SMILES string of the molecule is Cc1ccc(C(=O)/C=C/C(=O)N2CCC(Nc3nc(N)c(C(=O)c4c(F)cccc4F)s3)CC2)cc1. The van der Waals surface area contributed by atoms with E-state index < -0.39 is 23.0 Å². The highest BCUT2D eigenvalue weighted by atomic mass is 32.1. The van der Waals surface area contributed by atoms with Gasteiger partial charge in [-0.25, -0.2) is 13.8 Å². The van der Waals surface area contributed by atoms with Crippen molar-refractivity contribution in [1.82, 2.24) is 9.88 Å². The number of nitrogens with one attached hydrogen (secondary N) is 1. The van der Waals surface area contributed by atoms with Crippen LogP contribution in [0.1, 0.15) is 44.0 Å². The Hall–Kier alpha value is -3.92. The quantitative estimate of drug-likeness (QED) is 0.361. The molecule has 1 amide bonds. The van der Waals surface area contributed by atoms with Gasteiger partial charge in [-0.2, -0.15) is 0 Å². The minimum atomic E-state index is -0.964. The Morgan fingerprint density at radius 3 is 2.33 bits per heavy atom. The lowest BCUT2D eigenvalue weighted by molar-refractivity contribution is -0.126. The highest BCUT2D eigenvalue weighted by Crippen LogP contribution is 2.30. The molecule has 0 atom stereocenters. The van der Waals surface area contributed by atoms with Crippen molar-refractivity contribution < 1.29 is 23.2 Å². The number of hydrogen-bond acceptors (Lipinski definition) is 7. The zero-order valence-electron chi connectivity index (χ0n) is 19.5. The lowest BCUT2D eigenvalue weighted by Crippen LogP contribution is -2.41. The van der Waals surface area contributed by atoms with Gasteiger partial charge < -0.3 is 16.0 Å². The van der Waals surface area contributed by atoms with Crippen LogP contribution in [0.25, 0.3) is 0 Å². The fourth-order valence-electron chi connectivity index (χ4n) is 3.87. The third kappa shape index (κ3) is 5.65. The Bertz CT molecular complexity index is 1310. The predicted molar refractivity (Wildman–Crippen MR) is 134 cm³/mol. The first-order valence-corrected chi connectivity index (χ1v) is 12.1. The predicted octanol–water partition coefficient (Wildman–Crippen LogP) is 4.38. The molecule has 10 heteroatoms. The summed E-state index contributed by atoms with van der Waals surface area (Å²) in [5.74, 6) is -3.37. The Labute approximate surface area is 210 Å². The zero-order valence-corrected chi connectivity index (χ0v) is 20.3. The number of anilines is 2. The van der Waals surface area contributed by atoms with Crippen LogP contribution in [0.2, 0.25) is 0 Å². The van der Waals surface area contributed by atoms with Crippen molar-refractivity contribution in [2.45, 2.75) is 25.8 Å². The van der Waals surface area contributed by atoms with E-state index in [4.69, 9.17) is 5.73 Å². The molecule has 1 aromatic heterocycles. The maximum atomic E-state index is 14.0. The van der Waals surface area contributed by atoms with Crippen LogP contribution in [0.15, 0.2) is 54.6 Å². The van der Waals surface area contributed by atoms with E-state index in [2.05, 4.69) is 10.3 Å². The van der Waals surface area contributed by atoms with E-state index >= 15 is 0 Å². The lowest BCUT2D eigenvalue weighted by atomic mass is 10.0. The standard InChI is InChI=1S/C26H24F2N4O3S/c1-15-5-7-16(8-6-15)20(33)9-10-21(34)32-13-11-17(12-14-32)30-26-31-25(29)24(36-26)23(35)22-18(27)3-2-4-19(22)28/h2-10,17H,11-14,29H2,1H3,(H,30,31)/b10-9+. The summed E-state index contributed by atoms with van der Waals surface area (Å²) in [6, 6.07) is 10.3. The van der Waals surface area contributed by atoms with Gasteiger partial charge in [0.15, 0.2) is 10.9 Å². The number of benzene rings is 2. The molecular weight excluding hydrogens is 486 g/mol. The topological polar surface area (TPSA) is 105 Å². The van der Waals surface area contributed by atoms with Gasteiger partial charge in [-0.3, -0.25) is 14.4 Å². The number of nitrogens with zero attached hydrogens (tertiary/aromatic N) is 2. The number of aromatic nitrogens is 1. The van der Waals surface area contributed by atoms with E-state index in [9.17, 15) is 23.2 Å². The molecule has 1 aliphatic heterocycles. The Balaban J connectivity index is 1.32. The molecule has 2 aromatic carbocycles. The van der Waals surface area contributed by atoms with Crippen LogP contribution in [0.3, 0.4) is 0 Å². The van der Waals surface area contributed by atoms with Crippen molar-refractivity contribution in [1.29, 1.82) is 0 Å². The molecule has 0 saturated carbocycles. The second kappa shape index (κ2) is 10.8. The number of likely N-dealkylation sites (tertiary alicyclic amines) is 1. The van der Waals surface area contributed by atoms with Crippen LogP contribution in [0, 0.1) is 18.6 Å². The monoisotopic (exact) mass is 510 g/mol. The average Bonchev–Trinajstić information content (AvgIpc) is 3.22. The maximum Gasteiger partial charge on any atom is 0.246 e. The molecule has 1 saturated heterocycles. The number of carbonyl (C=O) groups excluding carboxylic acids is 3. The second-order valence-corrected chi connectivity index (χ2v) is 9.47.